The Morgan fingerprint density at radius 3 is 2.53 bits per heavy atom. The Balaban J connectivity index is 2.70. The summed E-state index contributed by atoms with van der Waals surface area (Å²) in [5.74, 6) is -2.22. The van der Waals surface area contributed by atoms with Gasteiger partial charge in [0.05, 0.1) is 11.9 Å². The van der Waals surface area contributed by atoms with Gasteiger partial charge in [0.2, 0.25) is 10.0 Å². The second-order valence-electron chi connectivity index (χ2n) is 3.44. The highest BCUT2D eigenvalue weighted by Gasteiger charge is 2.14. The minimum absolute atomic E-state index is 0.114. The van der Waals surface area contributed by atoms with Gasteiger partial charge < -0.3 is 5.11 Å². The van der Waals surface area contributed by atoms with Crippen molar-refractivity contribution in [2.75, 3.05) is 12.3 Å². The summed E-state index contributed by atoms with van der Waals surface area (Å²) in [7, 11) is -3.42. The van der Waals surface area contributed by atoms with Crippen molar-refractivity contribution < 1.29 is 22.3 Å². The number of nitrogens with one attached hydrogen (secondary N) is 1. The van der Waals surface area contributed by atoms with Crippen LogP contribution in [0.4, 0.5) is 8.78 Å². The average molecular weight is 265 g/mol. The lowest BCUT2D eigenvalue weighted by molar-refractivity contribution is 0.181. The van der Waals surface area contributed by atoms with Crippen LogP contribution in [0.2, 0.25) is 0 Å². The predicted octanol–water partition coefficient (Wildman–Crippen LogP) is 0.938. The third-order valence-corrected chi connectivity index (χ3v) is 3.57. The van der Waals surface area contributed by atoms with Crippen LogP contribution >= 0.6 is 0 Å². The van der Waals surface area contributed by atoms with Crippen molar-refractivity contribution in [3.63, 3.8) is 0 Å². The fourth-order valence-electron chi connectivity index (χ4n) is 1.15. The van der Waals surface area contributed by atoms with Crippen molar-refractivity contribution in [1.29, 1.82) is 0 Å². The summed E-state index contributed by atoms with van der Waals surface area (Å²) in [5, 5.41) is 9.58. The molecule has 0 fully saturated rings. The van der Waals surface area contributed by atoms with Gasteiger partial charge in [0.1, 0.15) is 0 Å². The van der Waals surface area contributed by atoms with Crippen LogP contribution in [0.3, 0.4) is 0 Å². The fourth-order valence-corrected chi connectivity index (χ4v) is 1.76. The van der Waals surface area contributed by atoms with E-state index < -0.39 is 27.8 Å². The summed E-state index contributed by atoms with van der Waals surface area (Å²) < 4.78 is 49.8. The second-order valence-corrected chi connectivity index (χ2v) is 5.54. The molecule has 96 valence electrons. The van der Waals surface area contributed by atoms with Crippen molar-refractivity contribution in [3.8, 4) is 0 Å². The molecule has 1 aromatic rings. The zero-order chi connectivity index (χ0) is 13.1. The molecule has 2 N–H and O–H groups in total. The zero-order valence-electron chi connectivity index (χ0n) is 9.15. The Morgan fingerprint density at radius 1 is 1.35 bits per heavy atom. The molecule has 0 radical (unpaired) electrons. The molecule has 17 heavy (non-hydrogen) atoms. The van der Waals surface area contributed by atoms with E-state index in [9.17, 15) is 22.3 Å². The standard InChI is InChI=1S/C10H13F2NO3S/c1-2-17(15,16)13-6-10(14)7-3-4-8(11)9(12)5-7/h3-5,10,13-14H,2,6H2,1H3. The summed E-state index contributed by atoms with van der Waals surface area (Å²) in [6, 6.07) is 2.91. The molecule has 1 atom stereocenters. The van der Waals surface area contributed by atoms with E-state index >= 15 is 0 Å². The highest BCUT2D eigenvalue weighted by Crippen LogP contribution is 2.15. The zero-order valence-corrected chi connectivity index (χ0v) is 9.97. The molecular weight excluding hydrogens is 252 g/mol. The maximum absolute atomic E-state index is 12.9. The van der Waals surface area contributed by atoms with Crippen LogP contribution in [-0.2, 0) is 10.0 Å². The van der Waals surface area contributed by atoms with Crippen molar-refractivity contribution in [2.45, 2.75) is 13.0 Å². The summed E-state index contributed by atoms with van der Waals surface area (Å²) in [6.45, 7) is 1.17. The largest absolute Gasteiger partial charge is 0.387 e. The minimum atomic E-state index is -3.42. The second kappa shape index (κ2) is 5.52. The lowest BCUT2D eigenvalue weighted by Crippen LogP contribution is -2.29. The lowest BCUT2D eigenvalue weighted by atomic mass is 10.1. The highest BCUT2D eigenvalue weighted by molar-refractivity contribution is 7.89. The molecule has 1 rings (SSSR count). The molecule has 0 heterocycles. The number of halogens is 2. The molecule has 0 aromatic heterocycles. The SMILES string of the molecule is CCS(=O)(=O)NCC(O)c1ccc(F)c(F)c1. The third-order valence-electron chi connectivity index (χ3n) is 2.21. The smallest absolute Gasteiger partial charge is 0.211 e. The average Bonchev–Trinajstić information content (AvgIpc) is 2.30. The summed E-state index contributed by atoms with van der Waals surface area (Å²) in [4.78, 5) is 0. The Labute approximate surface area is 98.3 Å². The molecule has 0 saturated carbocycles. The first kappa shape index (κ1) is 14.0. The molecule has 0 saturated heterocycles. The Kier molecular flexibility index (Phi) is 4.55. The van der Waals surface area contributed by atoms with Crippen molar-refractivity contribution in [3.05, 3.63) is 35.4 Å². The van der Waals surface area contributed by atoms with Crippen LogP contribution in [0.15, 0.2) is 18.2 Å². The van der Waals surface area contributed by atoms with E-state index in [1.54, 1.807) is 0 Å². The van der Waals surface area contributed by atoms with E-state index in [-0.39, 0.29) is 17.9 Å². The van der Waals surface area contributed by atoms with Gasteiger partial charge in [-0.2, -0.15) is 0 Å². The van der Waals surface area contributed by atoms with Crippen molar-refractivity contribution in [2.24, 2.45) is 0 Å². The maximum atomic E-state index is 12.9. The van der Waals surface area contributed by atoms with Crippen LogP contribution in [0.25, 0.3) is 0 Å². The molecule has 1 aromatic carbocycles. The molecule has 0 bridgehead atoms. The predicted molar refractivity (Wildman–Crippen MR) is 58.8 cm³/mol. The van der Waals surface area contributed by atoms with Gasteiger partial charge in [-0.1, -0.05) is 6.07 Å². The van der Waals surface area contributed by atoms with Gasteiger partial charge in [-0.15, -0.1) is 0 Å². The molecule has 0 amide bonds. The first-order valence-corrected chi connectivity index (χ1v) is 6.61. The molecule has 0 aliphatic heterocycles. The molecule has 7 heteroatoms. The Bertz CT molecular complexity index is 490. The van der Waals surface area contributed by atoms with Gasteiger partial charge in [-0.05, 0) is 24.6 Å². The number of hydrogen-bond acceptors (Lipinski definition) is 3. The van der Waals surface area contributed by atoms with Crippen LogP contribution in [0, 0.1) is 11.6 Å². The van der Waals surface area contributed by atoms with Crippen LogP contribution in [-0.4, -0.2) is 25.8 Å². The summed E-state index contributed by atoms with van der Waals surface area (Å²) in [5.41, 5.74) is 0.114. The van der Waals surface area contributed by atoms with Crippen LogP contribution in [0.1, 0.15) is 18.6 Å². The fraction of sp³-hybridized carbons (Fsp3) is 0.400. The van der Waals surface area contributed by atoms with E-state index in [1.165, 1.54) is 13.0 Å². The van der Waals surface area contributed by atoms with Gasteiger partial charge in [-0.25, -0.2) is 21.9 Å². The maximum Gasteiger partial charge on any atom is 0.211 e. The van der Waals surface area contributed by atoms with E-state index in [0.29, 0.717) is 0 Å². The van der Waals surface area contributed by atoms with Crippen molar-refractivity contribution in [1.82, 2.24) is 4.72 Å². The van der Waals surface area contributed by atoms with Crippen LogP contribution in [0.5, 0.6) is 0 Å². The number of aliphatic hydroxyl groups is 1. The number of benzene rings is 1. The topological polar surface area (TPSA) is 66.4 Å². The molecule has 1 unspecified atom stereocenters. The molecular formula is C10H13F2NO3S. The monoisotopic (exact) mass is 265 g/mol. The van der Waals surface area contributed by atoms with E-state index in [0.717, 1.165) is 12.1 Å². The van der Waals surface area contributed by atoms with E-state index in [2.05, 4.69) is 4.72 Å². The minimum Gasteiger partial charge on any atom is -0.387 e. The quantitative estimate of drug-likeness (QED) is 0.832. The van der Waals surface area contributed by atoms with Crippen molar-refractivity contribution >= 4 is 10.0 Å². The van der Waals surface area contributed by atoms with Gasteiger partial charge in [0, 0.05) is 6.54 Å². The van der Waals surface area contributed by atoms with E-state index in [1.807, 2.05) is 0 Å². The normalized spacial score (nSPS) is 13.6. The number of rotatable bonds is 5. The Hall–Kier alpha value is -1.05. The van der Waals surface area contributed by atoms with Gasteiger partial charge in [-0.3, -0.25) is 0 Å². The van der Waals surface area contributed by atoms with Gasteiger partial charge >= 0.3 is 0 Å². The molecule has 0 aliphatic rings. The Morgan fingerprint density at radius 2 is 2.00 bits per heavy atom. The first-order chi connectivity index (χ1) is 7.85. The number of aliphatic hydroxyl groups excluding tert-OH is 1. The number of hydrogen-bond donors (Lipinski definition) is 2. The van der Waals surface area contributed by atoms with Gasteiger partial charge in [0.15, 0.2) is 11.6 Å². The molecule has 0 aliphatic carbocycles. The summed E-state index contributed by atoms with van der Waals surface area (Å²) in [6.07, 6.45) is -1.22. The summed E-state index contributed by atoms with van der Waals surface area (Å²) >= 11 is 0. The number of sulfonamides is 1. The van der Waals surface area contributed by atoms with E-state index in [4.69, 9.17) is 0 Å². The highest BCUT2D eigenvalue weighted by atomic mass is 32.2. The molecule has 0 spiro atoms. The molecule has 4 nitrogen and oxygen atoms in total. The van der Waals surface area contributed by atoms with Gasteiger partial charge in [0.25, 0.3) is 0 Å². The third kappa shape index (κ3) is 4.03. The van der Waals surface area contributed by atoms with Crippen LogP contribution < -0.4 is 4.72 Å². The lowest BCUT2D eigenvalue weighted by Gasteiger charge is -2.12. The first-order valence-electron chi connectivity index (χ1n) is 4.96.